The van der Waals surface area contributed by atoms with Crippen molar-refractivity contribution in [2.24, 2.45) is 0 Å². The molecule has 46 heavy (non-hydrogen) atoms. The van der Waals surface area contributed by atoms with E-state index in [0.29, 0.717) is 48.2 Å². The van der Waals surface area contributed by atoms with E-state index in [0.717, 1.165) is 27.7 Å². The number of benzene rings is 3. The Hall–Kier alpha value is -5.33. The summed E-state index contributed by atoms with van der Waals surface area (Å²) in [5, 5.41) is 1.41. The highest BCUT2D eigenvalue weighted by atomic mass is 19.2. The number of aromatic amines is 2. The van der Waals surface area contributed by atoms with E-state index in [1.54, 1.807) is 28.0 Å². The molecule has 0 unspecified atom stereocenters. The first-order chi connectivity index (χ1) is 21.8. The second-order valence-electron chi connectivity index (χ2n) is 12.2. The molecule has 2 amide bonds. The van der Waals surface area contributed by atoms with Crippen LogP contribution in [0.3, 0.4) is 0 Å². The number of ether oxygens (including phenoxy) is 2. The van der Waals surface area contributed by atoms with Crippen LogP contribution in [0.4, 0.5) is 33.7 Å². The van der Waals surface area contributed by atoms with E-state index in [9.17, 15) is 31.9 Å². The molecular weight excluding hydrogens is 608 g/mol. The van der Waals surface area contributed by atoms with Gasteiger partial charge in [-0.05, 0) is 81.1 Å². The van der Waals surface area contributed by atoms with Crippen molar-refractivity contribution in [3.05, 3.63) is 88.2 Å². The summed E-state index contributed by atoms with van der Waals surface area (Å²) in [5.41, 5.74) is 3.80. The van der Waals surface area contributed by atoms with Gasteiger partial charge >= 0.3 is 12.1 Å². The van der Waals surface area contributed by atoms with Gasteiger partial charge in [0.15, 0.2) is 11.6 Å². The fraction of sp³-hybridized carbons (Fsp3) is 0.242. The Morgan fingerprint density at radius 1 is 0.739 bits per heavy atom. The van der Waals surface area contributed by atoms with Gasteiger partial charge in [0.1, 0.15) is 17.0 Å². The average molecular weight is 635 g/mol. The number of fused-ring (bicyclic) bond motifs is 6. The van der Waals surface area contributed by atoms with Gasteiger partial charge in [0.2, 0.25) is 17.4 Å². The fourth-order valence-corrected chi connectivity index (χ4v) is 6.10. The highest BCUT2D eigenvalue weighted by Gasteiger charge is 2.33. The number of nitrogens with one attached hydrogen (secondary N) is 2. The highest BCUT2D eigenvalue weighted by molar-refractivity contribution is 6.11. The number of aromatic nitrogens is 2. The molecule has 5 aromatic rings. The number of rotatable bonds is 3. The standard InChI is InChI=1S/C33H26F4N4O5/c1-33(2,3)46-32(44)41-11-9-16-17-12-23(38-21(17)5-7-26(16)41)30(42)40-10-8-15-18-13-24(39-22(18)4-6-25(15)40)31(43)45-29-27(36)19(34)14-20(35)28(29)37/h4-7,12-14,38-39H,8-11H2,1-3H3. The van der Waals surface area contributed by atoms with Crippen molar-refractivity contribution < 1.29 is 41.4 Å². The first-order valence-corrected chi connectivity index (χ1v) is 14.5. The molecule has 2 aromatic heterocycles. The maximum absolute atomic E-state index is 14.1. The van der Waals surface area contributed by atoms with Crippen LogP contribution in [-0.2, 0) is 17.6 Å². The third kappa shape index (κ3) is 4.73. The minimum absolute atomic E-state index is 0.0177. The normalized spacial score (nSPS) is 14.2. The number of anilines is 2. The van der Waals surface area contributed by atoms with Gasteiger partial charge in [-0.25, -0.2) is 18.4 Å². The molecule has 3 aromatic carbocycles. The lowest BCUT2D eigenvalue weighted by atomic mass is 10.1. The van der Waals surface area contributed by atoms with Crippen molar-refractivity contribution in [2.45, 2.75) is 39.2 Å². The molecule has 0 saturated carbocycles. The minimum Gasteiger partial charge on any atom is -0.443 e. The second kappa shape index (κ2) is 10.4. The van der Waals surface area contributed by atoms with Crippen LogP contribution in [0.2, 0.25) is 0 Å². The Labute approximate surface area is 258 Å². The van der Waals surface area contributed by atoms with Crippen molar-refractivity contribution in [1.29, 1.82) is 0 Å². The van der Waals surface area contributed by atoms with Crippen LogP contribution in [0.5, 0.6) is 5.75 Å². The maximum atomic E-state index is 14.1. The Morgan fingerprint density at radius 3 is 1.85 bits per heavy atom. The molecule has 7 rings (SSSR count). The number of hydrogen-bond donors (Lipinski definition) is 2. The molecule has 13 heteroatoms. The number of halogens is 4. The Balaban J connectivity index is 1.15. The van der Waals surface area contributed by atoms with Gasteiger partial charge in [-0.1, -0.05) is 0 Å². The Kier molecular flexibility index (Phi) is 6.62. The first kappa shape index (κ1) is 29.4. The monoisotopic (exact) mass is 634 g/mol. The van der Waals surface area contributed by atoms with Crippen molar-refractivity contribution >= 4 is 51.2 Å². The zero-order valence-corrected chi connectivity index (χ0v) is 24.8. The van der Waals surface area contributed by atoms with E-state index in [4.69, 9.17) is 9.47 Å². The van der Waals surface area contributed by atoms with Crippen molar-refractivity contribution in [2.75, 3.05) is 22.9 Å². The molecule has 0 radical (unpaired) electrons. The zero-order chi connectivity index (χ0) is 32.7. The number of hydrogen-bond acceptors (Lipinski definition) is 5. The summed E-state index contributed by atoms with van der Waals surface area (Å²) in [6.45, 7) is 6.23. The molecule has 2 aliphatic rings. The van der Waals surface area contributed by atoms with E-state index in [-0.39, 0.29) is 17.7 Å². The second-order valence-corrected chi connectivity index (χ2v) is 12.2. The van der Waals surface area contributed by atoms with E-state index >= 15 is 0 Å². The van der Waals surface area contributed by atoms with Gasteiger partial charge in [-0.15, -0.1) is 0 Å². The predicted octanol–water partition coefficient (Wildman–Crippen LogP) is 6.93. The maximum Gasteiger partial charge on any atom is 0.414 e. The van der Waals surface area contributed by atoms with Crippen molar-refractivity contribution in [3.8, 4) is 5.75 Å². The fourth-order valence-electron chi connectivity index (χ4n) is 6.10. The molecule has 0 atom stereocenters. The number of carbonyl (C=O) groups is 3. The molecule has 4 heterocycles. The summed E-state index contributed by atoms with van der Waals surface area (Å²) in [5.74, 6) is -10.1. The molecule has 0 saturated heterocycles. The minimum atomic E-state index is -1.83. The van der Waals surface area contributed by atoms with Crippen LogP contribution in [0.15, 0.2) is 42.5 Å². The smallest absolute Gasteiger partial charge is 0.414 e. The highest BCUT2D eigenvalue weighted by Crippen LogP contribution is 2.38. The van der Waals surface area contributed by atoms with Crippen LogP contribution >= 0.6 is 0 Å². The lowest BCUT2D eigenvalue weighted by Gasteiger charge is -2.24. The third-order valence-corrected chi connectivity index (χ3v) is 8.11. The number of nitrogens with zero attached hydrogens (tertiary/aromatic N) is 2. The average Bonchev–Trinajstić information content (AvgIpc) is 3.79. The molecule has 2 N–H and O–H groups in total. The summed E-state index contributed by atoms with van der Waals surface area (Å²) in [7, 11) is 0. The van der Waals surface area contributed by atoms with Gasteiger partial charge in [-0.2, -0.15) is 8.78 Å². The molecule has 236 valence electrons. The topological polar surface area (TPSA) is 108 Å². The molecule has 2 aliphatic heterocycles. The summed E-state index contributed by atoms with van der Waals surface area (Å²) in [6, 6.07) is 10.2. The van der Waals surface area contributed by atoms with Gasteiger partial charge in [0.05, 0.1) is 5.69 Å². The molecule has 0 bridgehead atoms. The SMILES string of the molecule is CC(C)(C)OC(=O)N1CCc2c1ccc1[nH]c(C(=O)N3CCc4c3ccc3[nH]c(C(=O)Oc5c(F)c(F)cc(F)c5F)cc43)cc21. The van der Waals surface area contributed by atoms with Gasteiger partial charge in [0.25, 0.3) is 5.91 Å². The summed E-state index contributed by atoms with van der Waals surface area (Å²) in [4.78, 5) is 48.5. The van der Waals surface area contributed by atoms with Crippen molar-refractivity contribution in [3.63, 3.8) is 0 Å². The van der Waals surface area contributed by atoms with Crippen LogP contribution in [0, 0.1) is 23.3 Å². The molecule has 0 aliphatic carbocycles. The Morgan fingerprint density at radius 2 is 1.26 bits per heavy atom. The van der Waals surface area contributed by atoms with Gasteiger partial charge in [-0.3, -0.25) is 9.69 Å². The lowest BCUT2D eigenvalue weighted by molar-refractivity contribution is 0.0583. The van der Waals surface area contributed by atoms with Crippen LogP contribution in [-0.4, -0.2) is 46.6 Å². The van der Waals surface area contributed by atoms with E-state index in [2.05, 4.69) is 9.97 Å². The van der Waals surface area contributed by atoms with Gasteiger partial charge < -0.3 is 24.3 Å². The molecule has 9 nitrogen and oxygen atoms in total. The van der Waals surface area contributed by atoms with E-state index in [1.807, 2.05) is 32.9 Å². The third-order valence-electron chi connectivity index (χ3n) is 8.11. The number of H-pyrrole nitrogens is 2. The molecular formula is C33H26F4N4O5. The van der Waals surface area contributed by atoms with Crippen LogP contribution < -0.4 is 14.5 Å². The van der Waals surface area contributed by atoms with Crippen molar-refractivity contribution in [1.82, 2.24) is 9.97 Å². The van der Waals surface area contributed by atoms with E-state index in [1.165, 1.54) is 6.07 Å². The molecule has 0 fully saturated rings. The summed E-state index contributed by atoms with van der Waals surface area (Å²) >= 11 is 0. The number of esters is 1. The lowest BCUT2D eigenvalue weighted by Crippen LogP contribution is -2.35. The Bertz CT molecular complexity index is 2100. The first-order valence-electron chi connectivity index (χ1n) is 14.5. The van der Waals surface area contributed by atoms with Crippen LogP contribution in [0.25, 0.3) is 21.8 Å². The number of amides is 2. The molecule has 0 spiro atoms. The summed E-state index contributed by atoms with van der Waals surface area (Å²) in [6.07, 6.45) is 0.623. The zero-order valence-electron chi connectivity index (χ0n) is 24.8. The largest absolute Gasteiger partial charge is 0.443 e. The van der Waals surface area contributed by atoms with Crippen LogP contribution in [0.1, 0.15) is 52.9 Å². The quantitative estimate of drug-likeness (QED) is 0.0970. The summed E-state index contributed by atoms with van der Waals surface area (Å²) < 4.78 is 65.6. The predicted molar refractivity (Wildman–Crippen MR) is 160 cm³/mol. The van der Waals surface area contributed by atoms with E-state index < -0.39 is 46.7 Å². The number of carbonyl (C=O) groups excluding carboxylic acids is 3. The van der Waals surface area contributed by atoms with Gasteiger partial charge in [0, 0.05) is 46.6 Å².